The molecule has 0 aromatic heterocycles. The van der Waals surface area contributed by atoms with Gasteiger partial charge in [0.05, 0.1) is 16.6 Å². The summed E-state index contributed by atoms with van der Waals surface area (Å²) in [5.74, 6) is -0.487. The summed E-state index contributed by atoms with van der Waals surface area (Å²) in [5.41, 5.74) is 1.08. The summed E-state index contributed by atoms with van der Waals surface area (Å²) in [7, 11) is -4.38. The van der Waals surface area contributed by atoms with E-state index in [0.29, 0.717) is 11.3 Å². The summed E-state index contributed by atoms with van der Waals surface area (Å²) in [6, 6.07) is 14.1. The molecular weight excluding hydrogens is 414 g/mol. The molecule has 2 aromatic carbocycles. The summed E-state index contributed by atoms with van der Waals surface area (Å²) in [6.07, 6.45) is 1.12. The Morgan fingerprint density at radius 1 is 0.966 bits per heavy atom. The van der Waals surface area contributed by atoms with Crippen LogP contribution in [0.5, 0.6) is 0 Å². The Morgan fingerprint density at radius 2 is 1.52 bits per heavy atom. The normalized spacial score (nSPS) is 13.1. The molecule has 29 heavy (non-hydrogen) atoms. The second kappa shape index (κ2) is 8.93. The molecule has 0 aliphatic carbocycles. The molecule has 0 saturated heterocycles. The van der Waals surface area contributed by atoms with Gasteiger partial charge in [-0.3, -0.25) is 4.79 Å². The van der Waals surface area contributed by atoms with Crippen molar-refractivity contribution in [1.29, 1.82) is 0 Å². The number of nitrogens with zero attached hydrogens (tertiary/aromatic N) is 2. The Bertz CT molecular complexity index is 1050. The Morgan fingerprint density at radius 3 is 2.00 bits per heavy atom. The van der Waals surface area contributed by atoms with Crippen molar-refractivity contribution in [2.24, 2.45) is 0 Å². The minimum absolute atomic E-state index is 0.187. The summed E-state index contributed by atoms with van der Waals surface area (Å²) in [4.78, 5) is 12.8. The number of carbonyl (C=O) groups excluding carboxylic acids is 1. The van der Waals surface area contributed by atoms with Crippen LogP contribution in [-0.2, 0) is 24.8 Å². The fourth-order valence-electron chi connectivity index (χ4n) is 2.60. The topological polar surface area (TPSA) is 104 Å². The van der Waals surface area contributed by atoms with Crippen LogP contribution in [0.2, 0.25) is 0 Å². The van der Waals surface area contributed by atoms with Gasteiger partial charge in [0, 0.05) is 20.4 Å². The summed E-state index contributed by atoms with van der Waals surface area (Å²) < 4.78 is 50.5. The van der Waals surface area contributed by atoms with E-state index < -0.39 is 38.5 Å². The lowest BCUT2D eigenvalue weighted by Gasteiger charge is -2.27. The predicted molar refractivity (Wildman–Crippen MR) is 113 cm³/mol. The largest absolute Gasteiger partial charge is 0.348 e. The van der Waals surface area contributed by atoms with Crippen molar-refractivity contribution in [3.63, 3.8) is 0 Å². The van der Waals surface area contributed by atoms with Gasteiger partial charge < -0.3 is 5.32 Å². The van der Waals surface area contributed by atoms with E-state index in [0.717, 1.165) is 14.9 Å². The number of sulfone groups is 1. The van der Waals surface area contributed by atoms with E-state index >= 15 is 0 Å². The second-order valence-corrected chi connectivity index (χ2v) is 10.8. The maximum Gasteiger partial charge on any atom is 0.304 e. The molecule has 1 amide bonds. The molecule has 1 atom stereocenters. The lowest BCUT2D eigenvalue weighted by molar-refractivity contribution is -0.120. The highest BCUT2D eigenvalue weighted by atomic mass is 32.2. The van der Waals surface area contributed by atoms with Gasteiger partial charge in [-0.2, -0.15) is 12.7 Å². The summed E-state index contributed by atoms with van der Waals surface area (Å²) in [6.45, 7) is 1.34. The van der Waals surface area contributed by atoms with Gasteiger partial charge in [-0.1, -0.05) is 30.3 Å². The Hall–Kier alpha value is -2.43. The van der Waals surface area contributed by atoms with E-state index in [2.05, 4.69) is 5.32 Å². The maximum absolute atomic E-state index is 12.7. The third-order valence-corrected chi connectivity index (χ3v) is 7.21. The maximum atomic E-state index is 12.7. The molecule has 0 bridgehead atoms. The Balaban J connectivity index is 2.18. The number of carbonyl (C=O) groups is 1. The average molecular weight is 440 g/mol. The quantitative estimate of drug-likeness (QED) is 0.673. The van der Waals surface area contributed by atoms with Gasteiger partial charge in [0.1, 0.15) is 6.54 Å². The fraction of sp³-hybridized carbons (Fsp3) is 0.316. The van der Waals surface area contributed by atoms with Crippen LogP contribution in [0.3, 0.4) is 0 Å². The monoisotopic (exact) mass is 439 g/mol. The molecule has 0 fully saturated rings. The van der Waals surface area contributed by atoms with Crippen molar-refractivity contribution in [2.45, 2.75) is 17.9 Å². The SMILES string of the molecule is CC(NC(=O)CN(c1ccccc1)S(=O)(=O)N(C)C)c1ccc(S(C)(=O)=O)cc1. The Labute approximate surface area is 172 Å². The highest BCUT2D eigenvalue weighted by Gasteiger charge is 2.27. The molecule has 0 aliphatic heterocycles. The standard InChI is InChI=1S/C19H25N3O5S2/c1-15(16-10-12-18(13-11-16)28(4,24)25)20-19(23)14-22(29(26,27)21(2)3)17-8-6-5-7-9-17/h5-13,15H,14H2,1-4H3,(H,20,23). The van der Waals surface area contributed by atoms with Crippen LogP contribution in [0.1, 0.15) is 18.5 Å². The van der Waals surface area contributed by atoms with Crippen molar-refractivity contribution in [3.8, 4) is 0 Å². The number of anilines is 1. The molecule has 8 nitrogen and oxygen atoms in total. The highest BCUT2D eigenvalue weighted by molar-refractivity contribution is 7.90. The molecule has 0 aliphatic rings. The van der Waals surface area contributed by atoms with Crippen LogP contribution in [0.15, 0.2) is 59.5 Å². The van der Waals surface area contributed by atoms with Gasteiger partial charge >= 0.3 is 10.2 Å². The minimum Gasteiger partial charge on any atom is -0.348 e. The molecule has 2 aromatic rings. The van der Waals surface area contributed by atoms with Crippen LogP contribution in [0.4, 0.5) is 5.69 Å². The van der Waals surface area contributed by atoms with Crippen LogP contribution in [0, 0.1) is 0 Å². The summed E-state index contributed by atoms with van der Waals surface area (Å²) in [5, 5.41) is 2.75. The molecule has 1 N–H and O–H groups in total. The third kappa shape index (κ3) is 5.78. The van der Waals surface area contributed by atoms with E-state index in [1.54, 1.807) is 49.4 Å². The molecule has 0 saturated carbocycles. The zero-order chi connectivity index (χ0) is 21.8. The zero-order valence-corrected chi connectivity index (χ0v) is 18.4. The van der Waals surface area contributed by atoms with E-state index in [9.17, 15) is 21.6 Å². The number of amides is 1. The van der Waals surface area contributed by atoms with Gasteiger partial charge in [0.15, 0.2) is 9.84 Å². The second-order valence-electron chi connectivity index (χ2n) is 6.76. The molecular formula is C19H25N3O5S2. The van der Waals surface area contributed by atoms with Crippen LogP contribution < -0.4 is 9.62 Å². The van der Waals surface area contributed by atoms with Crippen molar-refractivity contribution in [1.82, 2.24) is 9.62 Å². The molecule has 158 valence electrons. The number of hydrogen-bond acceptors (Lipinski definition) is 5. The first-order valence-electron chi connectivity index (χ1n) is 8.77. The highest BCUT2D eigenvalue weighted by Crippen LogP contribution is 2.20. The van der Waals surface area contributed by atoms with Crippen LogP contribution in [0.25, 0.3) is 0 Å². The van der Waals surface area contributed by atoms with Crippen LogP contribution >= 0.6 is 0 Å². The zero-order valence-electron chi connectivity index (χ0n) is 16.7. The fourth-order valence-corrected chi connectivity index (χ4v) is 4.30. The smallest absolute Gasteiger partial charge is 0.304 e. The number of hydrogen-bond donors (Lipinski definition) is 1. The first-order valence-corrected chi connectivity index (χ1v) is 12.1. The van der Waals surface area contributed by atoms with Gasteiger partial charge in [-0.15, -0.1) is 0 Å². The molecule has 0 radical (unpaired) electrons. The first kappa shape index (κ1) is 22.9. The number of benzene rings is 2. The summed E-state index contributed by atoms with van der Waals surface area (Å²) >= 11 is 0. The van der Waals surface area contributed by atoms with E-state index in [1.807, 2.05) is 0 Å². The van der Waals surface area contributed by atoms with Crippen molar-refractivity contribution in [3.05, 3.63) is 60.2 Å². The number of nitrogens with one attached hydrogen (secondary N) is 1. The predicted octanol–water partition coefficient (Wildman–Crippen LogP) is 1.58. The molecule has 2 rings (SSSR count). The molecule has 0 spiro atoms. The van der Waals surface area contributed by atoms with E-state index in [1.165, 1.54) is 26.2 Å². The molecule has 10 heteroatoms. The van der Waals surface area contributed by atoms with Gasteiger partial charge in [-0.05, 0) is 36.8 Å². The van der Waals surface area contributed by atoms with Crippen LogP contribution in [-0.4, -0.2) is 53.9 Å². The minimum atomic E-state index is -3.87. The average Bonchev–Trinajstić information content (AvgIpc) is 2.66. The lowest BCUT2D eigenvalue weighted by atomic mass is 10.1. The van der Waals surface area contributed by atoms with E-state index in [4.69, 9.17) is 0 Å². The van der Waals surface area contributed by atoms with Crippen molar-refractivity contribution >= 4 is 31.6 Å². The molecule has 0 heterocycles. The third-order valence-electron chi connectivity index (χ3n) is 4.26. The number of rotatable bonds is 8. The molecule has 1 unspecified atom stereocenters. The van der Waals surface area contributed by atoms with Gasteiger partial charge in [0.25, 0.3) is 0 Å². The Kier molecular flexibility index (Phi) is 7.04. The van der Waals surface area contributed by atoms with Gasteiger partial charge in [-0.25, -0.2) is 12.7 Å². The lowest BCUT2D eigenvalue weighted by Crippen LogP contribution is -2.46. The number of para-hydroxylation sites is 1. The van der Waals surface area contributed by atoms with Crippen molar-refractivity contribution in [2.75, 3.05) is 31.2 Å². The van der Waals surface area contributed by atoms with Gasteiger partial charge in [0.2, 0.25) is 5.91 Å². The van der Waals surface area contributed by atoms with E-state index in [-0.39, 0.29) is 4.90 Å². The van der Waals surface area contributed by atoms with Crippen molar-refractivity contribution < 1.29 is 21.6 Å². The first-order chi connectivity index (χ1) is 13.4.